The van der Waals surface area contributed by atoms with E-state index in [4.69, 9.17) is 9.47 Å². The zero-order chi connectivity index (χ0) is 19.7. The molecule has 0 N–H and O–H groups in total. The molecule has 1 aliphatic heterocycles. The molecule has 0 amide bonds. The first-order valence-electron chi connectivity index (χ1n) is 7.83. The largest absolute Gasteiger partial charge is 0.534 e. The first-order chi connectivity index (χ1) is 12.7. The van der Waals surface area contributed by atoms with E-state index in [0.29, 0.717) is 16.9 Å². The predicted octanol–water partition coefficient (Wildman–Crippen LogP) is 4.21. The molecule has 5 nitrogen and oxygen atoms in total. The Bertz CT molecular complexity index is 966. The summed E-state index contributed by atoms with van der Waals surface area (Å²) < 4.78 is 77.5. The summed E-state index contributed by atoms with van der Waals surface area (Å²) in [4.78, 5) is 0. The molecule has 144 valence electrons. The van der Waals surface area contributed by atoms with Crippen LogP contribution < -0.4 is 9.47 Å². The van der Waals surface area contributed by atoms with Crippen molar-refractivity contribution < 1.29 is 35.2 Å². The van der Waals surface area contributed by atoms with Gasteiger partial charge in [0.15, 0.2) is 5.76 Å². The smallest absolute Gasteiger partial charge is 0.497 e. The van der Waals surface area contributed by atoms with Crippen LogP contribution in [0, 0.1) is 0 Å². The lowest BCUT2D eigenvalue weighted by atomic mass is 9.99. The second-order valence-corrected chi connectivity index (χ2v) is 7.16. The minimum absolute atomic E-state index is 0.0972. The van der Waals surface area contributed by atoms with Crippen LogP contribution in [0.15, 0.2) is 48.5 Å². The van der Waals surface area contributed by atoms with Gasteiger partial charge < -0.3 is 13.7 Å². The first-order valence-corrected chi connectivity index (χ1v) is 9.24. The second kappa shape index (κ2) is 7.15. The summed E-state index contributed by atoms with van der Waals surface area (Å²) >= 11 is 0. The number of ether oxygens (including phenoxy) is 2. The van der Waals surface area contributed by atoms with Crippen LogP contribution in [-0.2, 0) is 14.3 Å². The number of benzene rings is 2. The van der Waals surface area contributed by atoms with E-state index < -0.39 is 21.4 Å². The minimum atomic E-state index is -5.86. The molecule has 1 heterocycles. The van der Waals surface area contributed by atoms with Gasteiger partial charge >= 0.3 is 15.6 Å². The molecular weight excluding hydrogens is 385 g/mol. The van der Waals surface area contributed by atoms with Gasteiger partial charge in [0.25, 0.3) is 0 Å². The van der Waals surface area contributed by atoms with Crippen LogP contribution in [0.3, 0.4) is 0 Å². The Kier molecular flexibility index (Phi) is 5.05. The lowest BCUT2D eigenvalue weighted by molar-refractivity contribution is -0.0509. The molecule has 0 fully saturated rings. The van der Waals surface area contributed by atoms with Crippen LogP contribution in [0.4, 0.5) is 13.2 Å². The average Bonchev–Trinajstić information content (AvgIpc) is 2.80. The summed E-state index contributed by atoms with van der Waals surface area (Å²) in [6, 6.07) is 12.8. The van der Waals surface area contributed by atoms with Crippen molar-refractivity contribution in [2.45, 2.75) is 11.9 Å². The van der Waals surface area contributed by atoms with Gasteiger partial charge in [-0.2, -0.15) is 21.6 Å². The Hall–Kier alpha value is -2.68. The second-order valence-electron chi connectivity index (χ2n) is 5.62. The normalized spacial score (nSPS) is 14.8. The third-order valence-electron chi connectivity index (χ3n) is 3.92. The quantitative estimate of drug-likeness (QED) is 0.568. The van der Waals surface area contributed by atoms with E-state index in [1.807, 2.05) is 0 Å². The van der Waals surface area contributed by atoms with Gasteiger partial charge in [-0.25, -0.2) is 0 Å². The van der Waals surface area contributed by atoms with Crippen molar-refractivity contribution >= 4 is 21.5 Å². The number of methoxy groups -OCH3 is 1. The Morgan fingerprint density at radius 3 is 2.41 bits per heavy atom. The van der Waals surface area contributed by atoms with Crippen LogP contribution in [0.25, 0.3) is 11.3 Å². The maximum atomic E-state index is 12.9. The van der Waals surface area contributed by atoms with Crippen molar-refractivity contribution in [3.8, 4) is 11.5 Å². The van der Waals surface area contributed by atoms with Crippen LogP contribution in [0.1, 0.15) is 17.5 Å². The number of hydrogen-bond acceptors (Lipinski definition) is 5. The molecular formula is C18H15F3O5S. The van der Waals surface area contributed by atoms with E-state index in [1.54, 1.807) is 30.3 Å². The minimum Gasteiger partial charge on any atom is -0.497 e. The fraction of sp³-hybridized carbons (Fsp3) is 0.222. The van der Waals surface area contributed by atoms with Crippen LogP contribution >= 0.6 is 0 Å². The van der Waals surface area contributed by atoms with Crippen LogP contribution in [-0.4, -0.2) is 27.6 Å². The standard InChI is InChI=1S/C18H15F3O5S/c1-24-13-7-8-15-16(11-13)25-10-9-14(12-5-3-2-4-6-12)17(15)26-27(22,23)18(19,20)21/h2-8,11H,9-10H2,1H3. The molecule has 1 aliphatic rings. The highest BCUT2D eigenvalue weighted by Crippen LogP contribution is 2.41. The number of rotatable bonds is 4. The van der Waals surface area contributed by atoms with E-state index in [1.165, 1.54) is 25.3 Å². The molecule has 3 rings (SSSR count). The maximum Gasteiger partial charge on any atom is 0.534 e. The highest BCUT2D eigenvalue weighted by molar-refractivity contribution is 7.87. The molecule has 0 saturated carbocycles. The van der Waals surface area contributed by atoms with E-state index in [2.05, 4.69) is 4.18 Å². The van der Waals surface area contributed by atoms with Gasteiger partial charge in [-0.05, 0) is 17.7 Å². The zero-order valence-electron chi connectivity index (χ0n) is 14.1. The highest BCUT2D eigenvalue weighted by Gasteiger charge is 2.49. The summed E-state index contributed by atoms with van der Waals surface area (Å²) in [6.07, 6.45) is 0.156. The third kappa shape index (κ3) is 3.87. The zero-order valence-corrected chi connectivity index (χ0v) is 14.9. The van der Waals surface area contributed by atoms with Gasteiger partial charge in [0.05, 0.1) is 19.3 Å². The number of halogens is 3. The van der Waals surface area contributed by atoms with Crippen molar-refractivity contribution in [1.29, 1.82) is 0 Å². The average molecular weight is 400 g/mol. The van der Waals surface area contributed by atoms with Gasteiger partial charge in [-0.1, -0.05) is 30.3 Å². The molecule has 2 aromatic rings. The topological polar surface area (TPSA) is 61.8 Å². The number of hydrogen-bond donors (Lipinski definition) is 0. The molecule has 2 aromatic carbocycles. The number of alkyl halides is 3. The van der Waals surface area contributed by atoms with Crippen molar-refractivity contribution in [3.63, 3.8) is 0 Å². The molecule has 0 aromatic heterocycles. The fourth-order valence-corrected chi connectivity index (χ4v) is 3.15. The monoisotopic (exact) mass is 400 g/mol. The summed E-state index contributed by atoms with van der Waals surface area (Å²) in [7, 11) is -4.43. The molecule has 27 heavy (non-hydrogen) atoms. The Labute approximate surface area is 154 Å². The van der Waals surface area contributed by atoms with Gasteiger partial charge in [0.2, 0.25) is 0 Å². The molecule has 0 radical (unpaired) electrons. The van der Waals surface area contributed by atoms with Crippen molar-refractivity contribution in [2.75, 3.05) is 13.7 Å². The Morgan fingerprint density at radius 1 is 1.07 bits per heavy atom. The fourth-order valence-electron chi connectivity index (χ4n) is 2.64. The van der Waals surface area contributed by atoms with E-state index in [-0.39, 0.29) is 24.3 Å². The third-order valence-corrected chi connectivity index (χ3v) is 4.87. The van der Waals surface area contributed by atoms with Crippen molar-refractivity contribution in [3.05, 3.63) is 59.7 Å². The SMILES string of the molecule is COc1ccc2c(c1)OCCC(c1ccccc1)=C2OS(=O)(=O)C(F)(F)F. The van der Waals surface area contributed by atoms with Crippen LogP contribution in [0.2, 0.25) is 0 Å². The summed E-state index contributed by atoms with van der Waals surface area (Å²) in [6.45, 7) is 0.128. The Morgan fingerprint density at radius 2 is 1.78 bits per heavy atom. The maximum absolute atomic E-state index is 12.9. The molecule has 0 spiro atoms. The molecule has 0 unspecified atom stereocenters. The predicted molar refractivity (Wildman–Crippen MR) is 92.4 cm³/mol. The molecule has 0 bridgehead atoms. The van der Waals surface area contributed by atoms with E-state index in [0.717, 1.165) is 0 Å². The summed E-state index contributed by atoms with van der Waals surface area (Å²) in [5, 5.41) is 0. The highest BCUT2D eigenvalue weighted by atomic mass is 32.2. The van der Waals surface area contributed by atoms with E-state index in [9.17, 15) is 21.6 Å². The lowest BCUT2D eigenvalue weighted by Crippen LogP contribution is -2.25. The van der Waals surface area contributed by atoms with Gasteiger partial charge in [0.1, 0.15) is 11.5 Å². The van der Waals surface area contributed by atoms with Gasteiger partial charge in [-0.3, -0.25) is 0 Å². The molecule has 0 saturated heterocycles. The lowest BCUT2D eigenvalue weighted by Gasteiger charge is -2.17. The van der Waals surface area contributed by atoms with Gasteiger partial charge in [0, 0.05) is 18.1 Å². The number of fused-ring (bicyclic) bond motifs is 1. The van der Waals surface area contributed by atoms with Crippen molar-refractivity contribution in [1.82, 2.24) is 0 Å². The first kappa shape index (κ1) is 19.1. The molecule has 9 heteroatoms. The Balaban J connectivity index is 2.23. The van der Waals surface area contributed by atoms with Gasteiger partial charge in [-0.15, -0.1) is 0 Å². The van der Waals surface area contributed by atoms with Crippen molar-refractivity contribution in [2.24, 2.45) is 0 Å². The molecule has 0 atom stereocenters. The summed E-state index contributed by atoms with van der Waals surface area (Å²) in [5.41, 5.74) is -4.62. The van der Waals surface area contributed by atoms with Crippen LogP contribution in [0.5, 0.6) is 11.5 Å². The summed E-state index contributed by atoms with van der Waals surface area (Å²) in [5.74, 6) is 0.177. The van der Waals surface area contributed by atoms with E-state index >= 15 is 0 Å². The molecule has 0 aliphatic carbocycles.